The van der Waals surface area contributed by atoms with Gasteiger partial charge in [0.1, 0.15) is 23.7 Å². The molecule has 46 heavy (non-hydrogen) atoms. The van der Waals surface area contributed by atoms with E-state index in [1.54, 1.807) is 6.07 Å². The number of rotatable bonds is 8. The van der Waals surface area contributed by atoms with Crippen molar-refractivity contribution in [2.75, 3.05) is 6.26 Å². The van der Waals surface area contributed by atoms with Crippen LogP contribution in [0, 0.1) is 6.92 Å². The molecule has 0 aliphatic rings. The Morgan fingerprint density at radius 1 is 0.935 bits per heavy atom. The molecule has 0 saturated heterocycles. The summed E-state index contributed by atoms with van der Waals surface area (Å²) in [7, 11) is -3.61. The zero-order chi connectivity index (χ0) is 33.6. The summed E-state index contributed by atoms with van der Waals surface area (Å²) in [5.74, 6) is -2.34. The Labute approximate surface area is 256 Å². The van der Waals surface area contributed by atoms with Gasteiger partial charge in [-0.15, -0.1) is 13.2 Å². The highest BCUT2D eigenvalue weighted by Crippen LogP contribution is 2.40. The maximum Gasteiger partial charge on any atom is 0.573 e. The highest BCUT2D eigenvalue weighted by molar-refractivity contribution is 7.90. The number of hydrogen-bond acceptors (Lipinski definition) is 7. The van der Waals surface area contributed by atoms with E-state index >= 15 is 0 Å². The van der Waals surface area contributed by atoms with Crippen molar-refractivity contribution in [1.29, 1.82) is 0 Å². The van der Waals surface area contributed by atoms with Gasteiger partial charge in [0.15, 0.2) is 21.3 Å². The zero-order valence-electron chi connectivity index (χ0n) is 23.6. The Morgan fingerprint density at radius 3 is 2.17 bits per heavy atom. The van der Waals surface area contributed by atoms with Crippen molar-refractivity contribution in [2.45, 2.75) is 30.8 Å². The van der Waals surface area contributed by atoms with Gasteiger partial charge in [0.2, 0.25) is 5.89 Å². The van der Waals surface area contributed by atoms with Gasteiger partial charge in [-0.25, -0.2) is 18.4 Å². The minimum Gasteiger partial charge on any atom is -0.481 e. The van der Waals surface area contributed by atoms with E-state index in [-0.39, 0.29) is 44.9 Å². The SMILES string of the molecule is Cc1nc(C(F)(F)F)cn1-c1ccc(-c2cccc(S(C)(=O)=O)c2)cc1-c1nc(CC(=O)O)oc1-c1ccc(OC(F)(F)F)cc1. The van der Waals surface area contributed by atoms with Gasteiger partial charge in [0, 0.05) is 23.6 Å². The first kappa shape index (κ1) is 32.3. The summed E-state index contributed by atoms with van der Waals surface area (Å²) in [6.45, 7) is 1.33. The summed E-state index contributed by atoms with van der Waals surface area (Å²) < 4.78 is 114. The van der Waals surface area contributed by atoms with Crippen LogP contribution in [-0.4, -0.2) is 46.6 Å². The number of sulfone groups is 1. The molecule has 0 amide bonds. The summed E-state index contributed by atoms with van der Waals surface area (Å²) in [4.78, 5) is 19.5. The molecule has 0 unspecified atom stereocenters. The summed E-state index contributed by atoms with van der Waals surface area (Å²) in [6.07, 6.45) is -8.65. The Hall–Kier alpha value is -5.12. The van der Waals surface area contributed by atoms with Gasteiger partial charge in [-0.05, 0) is 66.6 Å². The van der Waals surface area contributed by atoms with Gasteiger partial charge in [0.05, 0.1) is 10.6 Å². The number of nitrogens with zero attached hydrogens (tertiary/aromatic N) is 3. The van der Waals surface area contributed by atoms with Crippen molar-refractivity contribution in [1.82, 2.24) is 14.5 Å². The fourth-order valence-corrected chi connectivity index (χ4v) is 5.30. The van der Waals surface area contributed by atoms with Crippen LogP contribution in [-0.2, 0) is 27.2 Å². The molecule has 0 aliphatic carbocycles. The first-order chi connectivity index (χ1) is 21.4. The fourth-order valence-electron chi connectivity index (χ4n) is 4.63. The molecule has 2 aromatic heterocycles. The first-order valence-electron chi connectivity index (χ1n) is 13.1. The predicted molar refractivity (Wildman–Crippen MR) is 151 cm³/mol. The number of oxazole rings is 1. The van der Waals surface area contributed by atoms with Crippen LogP contribution in [0.3, 0.4) is 0 Å². The van der Waals surface area contributed by atoms with Crippen LogP contribution >= 0.6 is 0 Å². The number of carboxylic acids is 1. The highest BCUT2D eigenvalue weighted by Gasteiger charge is 2.35. The summed E-state index contributed by atoms with van der Waals surface area (Å²) in [5, 5.41) is 9.39. The van der Waals surface area contributed by atoms with Crippen LogP contribution in [0.15, 0.2) is 82.2 Å². The van der Waals surface area contributed by atoms with E-state index in [2.05, 4.69) is 14.7 Å². The molecule has 0 saturated carbocycles. The first-order valence-corrected chi connectivity index (χ1v) is 14.9. The Bertz CT molecular complexity index is 2050. The Kier molecular flexibility index (Phi) is 8.19. The van der Waals surface area contributed by atoms with E-state index < -0.39 is 46.2 Å². The maximum absolute atomic E-state index is 13.6. The van der Waals surface area contributed by atoms with E-state index in [1.807, 2.05) is 0 Å². The quantitative estimate of drug-likeness (QED) is 0.174. The van der Waals surface area contributed by atoms with Gasteiger partial charge in [-0.1, -0.05) is 18.2 Å². The molecule has 3 aromatic carbocycles. The standard InChI is InChI=1S/C30H21F6N3O6S/c1-16-37-24(29(31,32)33)15-39(16)23-11-8-19(18-4-3-5-21(12-18)46(2,42)43)13-22(23)27-28(44-25(38-27)14-26(40)41)17-6-9-20(10-7-17)45-30(34,35)36/h3-13,15H,14H2,1-2H3,(H,40,41). The second-order valence-electron chi connectivity index (χ2n) is 10.0. The molecule has 0 radical (unpaired) electrons. The monoisotopic (exact) mass is 665 g/mol. The largest absolute Gasteiger partial charge is 0.573 e. The number of imidazole rings is 1. The molecule has 16 heteroatoms. The molecular weight excluding hydrogens is 644 g/mol. The molecule has 0 atom stereocenters. The minimum absolute atomic E-state index is 0.00272. The molecule has 9 nitrogen and oxygen atoms in total. The second kappa shape index (κ2) is 11.7. The molecular formula is C30H21F6N3O6S. The van der Waals surface area contributed by atoms with Crippen LogP contribution in [0.5, 0.6) is 5.75 Å². The van der Waals surface area contributed by atoms with E-state index in [0.29, 0.717) is 11.1 Å². The number of alkyl halides is 6. The lowest BCUT2D eigenvalue weighted by Crippen LogP contribution is -2.16. The zero-order valence-corrected chi connectivity index (χ0v) is 24.5. The van der Waals surface area contributed by atoms with E-state index in [4.69, 9.17) is 4.42 Å². The van der Waals surface area contributed by atoms with Crippen molar-refractivity contribution >= 4 is 15.8 Å². The normalized spacial score (nSPS) is 12.3. The molecule has 0 spiro atoms. The molecule has 5 aromatic rings. The lowest BCUT2D eigenvalue weighted by Gasteiger charge is -2.14. The summed E-state index contributed by atoms with van der Waals surface area (Å²) >= 11 is 0. The van der Waals surface area contributed by atoms with Gasteiger partial charge >= 0.3 is 18.5 Å². The molecule has 240 valence electrons. The van der Waals surface area contributed by atoms with Crippen LogP contribution in [0.25, 0.3) is 39.4 Å². The molecule has 0 aliphatic heterocycles. The second-order valence-corrected chi connectivity index (χ2v) is 12.0. The van der Waals surface area contributed by atoms with Crippen LogP contribution in [0.4, 0.5) is 26.3 Å². The topological polar surface area (TPSA) is 125 Å². The predicted octanol–water partition coefficient (Wildman–Crippen LogP) is 7.12. The third-order valence-corrected chi connectivity index (χ3v) is 7.71. The van der Waals surface area contributed by atoms with Crippen molar-refractivity contribution in [3.63, 3.8) is 0 Å². The lowest BCUT2D eigenvalue weighted by atomic mass is 9.98. The number of carbonyl (C=O) groups is 1. The number of aromatic nitrogens is 3. The molecule has 0 bridgehead atoms. The van der Waals surface area contributed by atoms with Crippen LogP contribution in [0.2, 0.25) is 0 Å². The van der Waals surface area contributed by atoms with Crippen molar-refractivity contribution in [3.05, 3.63) is 90.3 Å². The minimum atomic E-state index is -4.96. The number of aryl methyl sites for hydroxylation is 1. The highest BCUT2D eigenvalue weighted by atomic mass is 32.2. The fraction of sp³-hybridized carbons (Fsp3) is 0.167. The van der Waals surface area contributed by atoms with Gasteiger partial charge in [-0.2, -0.15) is 13.2 Å². The van der Waals surface area contributed by atoms with Gasteiger partial charge in [-0.3, -0.25) is 4.79 Å². The lowest BCUT2D eigenvalue weighted by molar-refractivity contribution is -0.274. The number of hydrogen-bond donors (Lipinski definition) is 1. The smallest absolute Gasteiger partial charge is 0.481 e. The van der Waals surface area contributed by atoms with E-state index in [0.717, 1.165) is 29.2 Å². The van der Waals surface area contributed by atoms with E-state index in [1.165, 1.54) is 55.5 Å². The average Bonchev–Trinajstić information content (AvgIpc) is 3.55. The number of aliphatic carboxylic acids is 1. The molecule has 0 fully saturated rings. The van der Waals surface area contributed by atoms with Crippen molar-refractivity contribution in [2.24, 2.45) is 0 Å². The van der Waals surface area contributed by atoms with Crippen molar-refractivity contribution < 1.29 is 53.8 Å². The van der Waals surface area contributed by atoms with E-state index in [9.17, 15) is 44.7 Å². The number of ether oxygens (including phenoxy) is 1. The molecule has 2 heterocycles. The summed E-state index contributed by atoms with van der Waals surface area (Å²) in [5.41, 5.74) is -0.0623. The maximum atomic E-state index is 13.6. The van der Waals surface area contributed by atoms with Gasteiger partial charge in [0.25, 0.3) is 0 Å². The third-order valence-electron chi connectivity index (χ3n) is 6.60. The Morgan fingerprint density at radius 2 is 1.59 bits per heavy atom. The van der Waals surface area contributed by atoms with Crippen molar-refractivity contribution in [3.8, 4) is 45.1 Å². The number of carboxylic acid groups (broad SMARTS) is 1. The number of benzene rings is 3. The third kappa shape index (κ3) is 7.06. The van der Waals surface area contributed by atoms with Gasteiger partial charge < -0.3 is 18.8 Å². The molecule has 1 N–H and O–H groups in total. The Balaban J connectivity index is 1.76. The summed E-state index contributed by atoms with van der Waals surface area (Å²) in [6, 6.07) is 14.8. The molecule has 5 rings (SSSR count). The average molecular weight is 666 g/mol. The van der Waals surface area contributed by atoms with Crippen LogP contribution < -0.4 is 4.74 Å². The van der Waals surface area contributed by atoms with Crippen LogP contribution in [0.1, 0.15) is 17.4 Å². The number of halogens is 6.